The Hall–Kier alpha value is -1.82. The fourth-order valence-electron chi connectivity index (χ4n) is 11.8. The highest BCUT2D eigenvalue weighted by Crippen LogP contribution is 2.75. The molecule has 0 radical (unpaired) electrons. The molecular formula is C35H52O10. The molecule has 6 aliphatic rings. The van der Waals surface area contributed by atoms with E-state index in [1.54, 1.807) is 0 Å². The lowest BCUT2D eigenvalue weighted by molar-refractivity contribution is -0.324. The summed E-state index contributed by atoms with van der Waals surface area (Å²) in [6, 6.07) is 0. The maximum absolute atomic E-state index is 12.8. The van der Waals surface area contributed by atoms with Crippen molar-refractivity contribution in [3.05, 3.63) is 23.8 Å². The average Bonchev–Trinajstić information content (AvgIpc) is 2.94. The summed E-state index contributed by atoms with van der Waals surface area (Å²) in [6.07, 6.45) is -1.04. The summed E-state index contributed by atoms with van der Waals surface area (Å²) in [5.74, 6) is -2.11. The van der Waals surface area contributed by atoms with E-state index in [0.717, 1.165) is 31.3 Å². The van der Waals surface area contributed by atoms with Gasteiger partial charge in [-0.2, -0.15) is 0 Å². The van der Waals surface area contributed by atoms with Crippen LogP contribution >= 0.6 is 0 Å². The van der Waals surface area contributed by atoms with Crippen molar-refractivity contribution in [1.82, 2.24) is 0 Å². The summed E-state index contributed by atoms with van der Waals surface area (Å²) in [7, 11) is 0. The highest BCUT2D eigenvalue weighted by Gasteiger charge is 2.71. The molecule has 1 saturated heterocycles. The summed E-state index contributed by atoms with van der Waals surface area (Å²) in [6.45, 7) is 15.6. The highest BCUT2D eigenvalue weighted by molar-refractivity contribution is 5.78. The standard InChI is InChI=1S/C35H52O10/c1-17-9-14-35(30(42)43)19(15-17)18-7-8-21-32(4)12-11-23(44-29-26(39)24(37)25(38)27(45-29)28(40)41)31(2,3)20(32)10-13-33(21,5)34(18,6)16-22(35)36/h7,19-27,29,36-39H,1,8-16H2,2-6H3,(H,40,41)(H,42,43)/t19-,20-,21+,22-,23-,24-,25-,26+,27-,29+,32-,33+,34+,35+/m0/s1. The molecule has 0 spiro atoms. The normalized spacial score (nSPS) is 52.4. The number of aliphatic hydroxyl groups excluding tert-OH is 4. The van der Waals surface area contributed by atoms with E-state index in [1.807, 2.05) is 0 Å². The van der Waals surface area contributed by atoms with Crippen LogP contribution in [-0.2, 0) is 19.1 Å². The van der Waals surface area contributed by atoms with Crippen LogP contribution in [0.4, 0.5) is 0 Å². The number of ether oxygens (including phenoxy) is 2. The van der Waals surface area contributed by atoms with Crippen molar-refractivity contribution < 1.29 is 49.7 Å². The number of aliphatic carboxylic acids is 2. The first-order valence-corrected chi connectivity index (χ1v) is 16.7. The van der Waals surface area contributed by atoms with Gasteiger partial charge >= 0.3 is 11.9 Å². The van der Waals surface area contributed by atoms with Gasteiger partial charge < -0.3 is 40.1 Å². The first-order chi connectivity index (χ1) is 20.9. The van der Waals surface area contributed by atoms with Gasteiger partial charge in [-0.25, -0.2) is 4.79 Å². The molecule has 14 atom stereocenters. The number of hydrogen-bond acceptors (Lipinski definition) is 8. The molecule has 4 saturated carbocycles. The Morgan fingerprint density at radius 2 is 1.62 bits per heavy atom. The van der Waals surface area contributed by atoms with E-state index in [4.69, 9.17) is 9.47 Å². The zero-order chi connectivity index (χ0) is 33.1. The van der Waals surface area contributed by atoms with Gasteiger partial charge in [0.2, 0.25) is 0 Å². The molecule has 1 aliphatic heterocycles. The molecule has 1 heterocycles. The molecule has 0 aromatic carbocycles. The lowest BCUT2D eigenvalue weighted by Crippen LogP contribution is -2.67. The number of carboxylic acid groups (broad SMARTS) is 2. The van der Waals surface area contributed by atoms with Crippen molar-refractivity contribution in [2.45, 2.75) is 135 Å². The molecule has 10 nitrogen and oxygen atoms in total. The Bertz CT molecular complexity index is 1290. The van der Waals surface area contributed by atoms with Crippen LogP contribution in [0.3, 0.4) is 0 Å². The van der Waals surface area contributed by atoms with E-state index in [1.165, 1.54) is 5.57 Å². The maximum atomic E-state index is 12.8. The molecule has 0 amide bonds. The molecule has 0 aromatic rings. The molecule has 5 aliphatic carbocycles. The largest absolute Gasteiger partial charge is 0.481 e. The Balaban J connectivity index is 1.30. The first kappa shape index (κ1) is 33.1. The van der Waals surface area contributed by atoms with Crippen LogP contribution in [0.2, 0.25) is 0 Å². The van der Waals surface area contributed by atoms with Gasteiger partial charge in [0.15, 0.2) is 12.4 Å². The summed E-state index contributed by atoms with van der Waals surface area (Å²) in [5, 5.41) is 63.0. The molecule has 0 aromatic heterocycles. The van der Waals surface area contributed by atoms with Gasteiger partial charge in [-0.05, 0) is 91.3 Å². The Morgan fingerprint density at radius 3 is 2.27 bits per heavy atom. The summed E-state index contributed by atoms with van der Waals surface area (Å²) in [4.78, 5) is 24.5. The summed E-state index contributed by atoms with van der Waals surface area (Å²) >= 11 is 0. The van der Waals surface area contributed by atoms with Crippen LogP contribution in [0.5, 0.6) is 0 Å². The molecule has 6 rings (SSSR count). The molecule has 0 unspecified atom stereocenters. The Morgan fingerprint density at radius 1 is 0.933 bits per heavy atom. The second-order valence-electron chi connectivity index (χ2n) is 16.6. The number of carboxylic acids is 2. The second-order valence-corrected chi connectivity index (χ2v) is 16.6. The van der Waals surface area contributed by atoms with E-state index >= 15 is 0 Å². The quantitative estimate of drug-likeness (QED) is 0.198. The van der Waals surface area contributed by atoms with Crippen LogP contribution in [0.1, 0.15) is 92.4 Å². The third kappa shape index (κ3) is 4.35. The van der Waals surface area contributed by atoms with Crippen molar-refractivity contribution in [1.29, 1.82) is 0 Å². The molecule has 0 bridgehead atoms. The Kier molecular flexibility index (Phi) is 7.79. The van der Waals surface area contributed by atoms with Gasteiger partial charge in [-0.3, -0.25) is 4.79 Å². The summed E-state index contributed by atoms with van der Waals surface area (Å²) < 4.78 is 11.8. The van der Waals surface area contributed by atoms with Crippen LogP contribution in [0.15, 0.2) is 23.8 Å². The molecule has 10 heteroatoms. The minimum Gasteiger partial charge on any atom is -0.481 e. The van der Waals surface area contributed by atoms with E-state index in [9.17, 15) is 40.2 Å². The van der Waals surface area contributed by atoms with Crippen molar-refractivity contribution in [3.8, 4) is 0 Å². The van der Waals surface area contributed by atoms with Crippen molar-refractivity contribution in [2.24, 2.45) is 44.8 Å². The average molecular weight is 633 g/mol. The van der Waals surface area contributed by atoms with Crippen molar-refractivity contribution in [3.63, 3.8) is 0 Å². The first-order valence-electron chi connectivity index (χ1n) is 16.7. The van der Waals surface area contributed by atoms with E-state index in [2.05, 4.69) is 47.3 Å². The van der Waals surface area contributed by atoms with E-state index in [-0.39, 0.29) is 40.1 Å². The van der Waals surface area contributed by atoms with Gasteiger partial charge in [0.1, 0.15) is 23.7 Å². The minimum absolute atomic E-state index is 0.102. The topological polar surface area (TPSA) is 174 Å². The number of hydrogen-bond donors (Lipinski definition) is 6. The zero-order valence-corrected chi connectivity index (χ0v) is 27.2. The van der Waals surface area contributed by atoms with Gasteiger partial charge in [0, 0.05) is 5.92 Å². The maximum Gasteiger partial charge on any atom is 0.335 e. The summed E-state index contributed by atoms with van der Waals surface area (Å²) in [5.41, 5.74) is 0.0388. The van der Waals surface area contributed by atoms with E-state index < -0.39 is 59.6 Å². The minimum atomic E-state index is -1.77. The predicted molar refractivity (Wildman–Crippen MR) is 163 cm³/mol. The fraction of sp³-hybridized carbons (Fsp3) is 0.829. The number of rotatable bonds is 4. The molecule has 6 N–H and O–H groups in total. The SMILES string of the molecule is C=C1CC[C@]2(C(=O)O)[C@@H](O)C[C@]3(C)C(=CC[C@@H]4[C@@]5(C)CC[C@H](O[C@@H]6O[C@H](C(=O)O)[C@@H](O)[C@H](O)[C@H]6O)C(C)(C)[C@@H]5CC[C@]43C)[C@@H]2C1. The van der Waals surface area contributed by atoms with Crippen LogP contribution < -0.4 is 0 Å². The molecular weight excluding hydrogens is 580 g/mol. The number of aliphatic hydroxyl groups is 4. The van der Waals surface area contributed by atoms with E-state index in [0.29, 0.717) is 32.1 Å². The van der Waals surface area contributed by atoms with Crippen LogP contribution in [0.25, 0.3) is 0 Å². The fourth-order valence-corrected chi connectivity index (χ4v) is 11.8. The van der Waals surface area contributed by atoms with Crippen molar-refractivity contribution >= 4 is 11.9 Å². The van der Waals surface area contributed by atoms with Gasteiger partial charge in [0.05, 0.1) is 12.2 Å². The molecule has 45 heavy (non-hydrogen) atoms. The van der Waals surface area contributed by atoms with Crippen LogP contribution in [-0.4, -0.2) is 85.5 Å². The third-order valence-electron chi connectivity index (χ3n) is 14.5. The van der Waals surface area contributed by atoms with Crippen LogP contribution in [0, 0.1) is 44.8 Å². The smallest absolute Gasteiger partial charge is 0.335 e. The number of allylic oxidation sites excluding steroid dienone is 3. The van der Waals surface area contributed by atoms with Crippen molar-refractivity contribution in [2.75, 3.05) is 0 Å². The molecule has 252 valence electrons. The second kappa shape index (κ2) is 10.6. The number of carbonyl (C=O) groups is 2. The molecule has 5 fully saturated rings. The highest BCUT2D eigenvalue weighted by atomic mass is 16.7. The lowest BCUT2D eigenvalue weighted by atomic mass is 9.33. The lowest BCUT2D eigenvalue weighted by Gasteiger charge is -2.71. The zero-order valence-electron chi connectivity index (χ0n) is 27.2. The third-order valence-corrected chi connectivity index (χ3v) is 14.5. The predicted octanol–water partition coefficient (Wildman–Crippen LogP) is 3.65. The van der Waals surface area contributed by atoms with Gasteiger partial charge in [0.25, 0.3) is 0 Å². The monoisotopic (exact) mass is 632 g/mol. The number of fused-ring (bicyclic) bond motifs is 7. The van der Waals surface area contributed by atoms with Gasteiger partial charge in [-0.15, -0.1) is 0 Å². The Labute approximate surface area is 265 Å². The van der Waals surface area contributed by atoms with Gasteiger partial charge in [-0.1, -0.05) is 58.4 Å².